The SMILES string of the molecule is CCCCS(=O)(=O)Nc1ccc(/C=C/c2nc(-c3ccc(Cl)cc3Cl)cn2Cc2ccc(C(=O)O)cc2)cc1. The van der Waals surface area contributed by atoms with Crippen molar-refractivity contribution in [2.45, 2.75) is 26.3 Å². The number of carbonyl (C=O) groups is 1. The van der Waals surface area contributed by atoms with E-state index in [1.807, 2.05) is 48.0 Å². The molecule has 10 heteroatoms. The maximum absolute atomic E-state index is 12.2. The third-order valence-corrected chi connectivity index (χ3v) is 7.86. The van der Waals surface area contributed by atoms with Gasteiger partial charge in [-0.15, -0.1) is 0 Å². The first-order valence-electron chi connectivity index (χ1n) is 12.3. The summed E-state index contributed by atoms with van der Waals surface area (Å²) in [6.07, 6.45) is 7.04. The fourth-order valence-electron chi connectivity index (χ4n) is 3.86. The zero-order chi connectivity index (χ0) is 28.0. The minimum absolute atomic E-state index is 0.0901. The van der Waals surface area contributed by atoms with Crippen molar-refractivity contribution in [3.63, 3.8) is 0 Å². The largest absolute Gasteiger partial charge is 0.478 e. The molecule has 0 aliphatic carbocycles. The van der Waals surface area contributed by atoms with E-state index in [1.165, 1.54) is 0 Å². The van der Waals surface area contributed by atoms with Gasteiger partial charge in [0, 0.05) is 29.0 Å². The summed E-state index contributed by atoms with van der Waals surface area (Å²) in [6, 6.07) is 19.0. The van der Waals surface area contributed by atoms with Crippen LogP contribution < -0.4 is 4.72 Å². The predicted octanol–water partition coefficient (Wildman–Crippen LogP) is 7.32. The van der Waals surface area contributed by atoms with E-state index in [0.29, 0.717) is 40.2 Å². The summed E-state index contributed by atoms with van der Waals surface area (Å²) in [7, 11) is -3.37. The van der Waals surface area contributed by atoms with Crippen LogP contribution in [0.2, 0.25) is 10.0 Å². The number of carboxylic acid groups (broad SMARTS) is 1. The van der Waals surface area contributed by atoms with Gasteiger partial charge in [0.15, 0.2) is 0 Å². The molecule has 7 nitrogen and oxygen atoms in total. The molecule has 4 rings (SSSR count). The van der Waals surface area contributed by atoms with Gasteiger partial charge in [-0.05, 0) is 66.1 Å². The highest BCUT2D eigenvalue weighted by Gasteiger charge is 2.13. The molecule has 202 valence electrons. The van der Waals surface area contributed by atoms with Crippen molar-refractivity contribution < 1.29 is 18.3 Å². The minimum Gasteiger partial charge on any atom is -0.478 e. The van der Waals surface area contributed by atoms with E-state index in [9.17, 15) is 18.3 Å². The van der Waals surface area contributed by atoms with Crippen LogP contribution in [0.25, 0.3) is 23.4 Å². The third-order valence-electron chi connectivity index (χ3n) is 5.94. The number of rotatable bonds is 11. The Morgan fingerprint density at radius 2 is 1.74 bits per heavy atom. The van der Waals surface area contributed by atoms with Gasteiger partial charge in [-0.25, -0.2) is 18.2 Å². The molecule has 0 bridgehead atoms. The molecule has 4 aromatic rings. The molecule has 0 fully saturated rings. The number of aromatic nitrogens is 2. The summed E-state index contributed by atoms with van der Waals surface area (Å²) >= 11 is 12.5. The summed E-state index contributed by atoms with van der Waals surface area (Å²) in [5, 5.41) is 10.2. The second kappa shape index (κ2) is 12.5. The molecule has 0 amide bonds. The van der Waals surface area contributed by atoms with Gasteiger partial charge in [-0.2, -0.15) is 0 Å². The first kappa shape index (κ1) is 28.4. The molecule has 0 aliphatic heterocycles. The van der Waals surface area contributed by atoms with Crippen molar-refractivity contribution in [3.05, 3.63) is 105 Å². The molecule has 39 heavy (non-hydrogen) atoms. The zero-order valence-electron chi connectivity index (χ0n) is 21.1. The maximum Gasteiger partial charge on any atom is 0.335 e. The molecule has 0 aliphatic rings. The fourth-order valence-corrected chi connectivity index (χ4v) is 5.64. The van der Waals surface area contributed by atoms with Crippen LogP contribution in [-0.4, -0.2) is 34.8 Å². The highest BCUT2D eigenvalue weighted by Crippen LogP contribution is 2.30. The number of hydrogen-bond donors (Lipinski definition) is 2. The van der Waals surface area contributed by atoms with Gasteiger partial charge >= 0.3 is 5.97 Å². The molecular weight excluding hydrogens is 557 g/mol. The Morgan fingerprint density at radius 1 is 1.03 bits per heavy atom. The molecule has 0 atom stereocenters. The summed E-state index contributed by atoms with van der Waals surface area (Å²) in [4.78, 5) is 16.0. The summed E-state index contributed by atoms with van der Waals surface area (Å²) in [5.74, 6) is -0.234. The predicted molar refractivity (Wildman–Crippen MR) is 158 cm³/mol. The second-order valence-electron chi connectivity index (χ2n) is 8.97. The number of nitrogens with one attached hydrogen (secondary N) is 1. The van der Waals surface area contributed by atoms with Crippen LogP contribution in [0.3, 0.4) is 0 Å². The van der Waals surface area contributed by atoms with Gasteiger partial charge in [0.25, 0.3) is 0 Å². The molecule has 1 aromatic heterocycles. The smallest absolute Gasteiger partial charge is 0.335 e. The number of anilines is 1. The molecule has 0 saturated heterocycles. The Kier molecular flexibility index (Phi) is 9.12. The monoisotopic (exact) mass is 583 g/mol. The van der Waals surface area contributed by atoms with E-state index in [2.05, 4.69) is 4.72 Å². The van der Waals surface area contributed by atoms with Gasteiger partial charge < -0.3 is 9.67 Å². The lowest BCUT2D eigenvalue weighted by Crippen LogP contribution is -2.16. The first-order valence-corrected chi connectivity index (χ1v) is 14.7. The molecule has 0 unspecified atom stereocenters. The standard InChI is InChI=1S/C29H27Cl2N3O4S/c1-2-3-16-39(37,38)33-24-12-6-20(7-13-24)8-15-28-32-27(25-14-11-23(30)17-26(25)31)19-34(28)18-21-4-9-22(10-5-21)29(35)36/h4-15,17,19,33H,2-3,16,18H2,1H3,(H,35,36)/b15-8+. The van der Waals surface area contributed by atoms with Crippen LogP contribution in [0.5, 0.6) is 0 Å². The van der Waals surface area contributed by atoms with Gasteiger partial charge in [-0.1, -0.05) is 66.9 Å². The van der Waals surface area contributed by atoms with Crippen molar-refractivity contribution in [3.8, 4) is 11.3 Å². The van der Waals surface area contributed by atoms with Crippen LogP contribution in [0, 0.1) is 0 Å². The molecule has 0 saturated carbocycles. The van der Waals surface area contributed by atoms with Crippen molar-refractivity contribution in [1.29, 1.82) is 0 Å². The number of aromatic carboxylic acids is 1. The fraction of sp³-hybridized carbons (Fsp3) is 0.172. The van der Waals surface area contributed by atoms with Gasteiger partial charge in [0.05, 0.1) is 22.0 Å². The highest BCUT2D eigenvalue weighted by atomic mass is 35.5. The van der Waals surface area contributed by atoms with Crippen LogP contribution in [0.15, 0.2) is 72.9 Å². The molecule has 1 heterocycles. The number of unbranched alkanes of at least 4 members (excludes halogenated alkanes) is 1. The summed E-state index contributed by atoms with van der Waals surface area (Å²) < 4.78 is 28.9. The number of carboxylic acids is 1. The average molecular weight is 585 g/mol. The van der Waals surface area contributed by atoms with E-state index in [0.717, 1.165) is 23.1 Å². The third kappa shape index (κ3) is 7.72. The summed E-state index contributed by atoms with van der Waals surface area (Å²) in [5.41, 5.74) is 3.88. The van der Waals surface area contributed by atoms with Crippen molar-refractivity contribution in [2.75, 3.05) is 10.5 Å². The van der Waals surface area contributed by atoms with E-state index in [4.69, 9.17) is 28.2 Å². The van der Waals surface area contributed by atoms with Crippen molar-refractivity contribution in [1.82, 2.24) is 9.55 Å². The Hall–Kier alpha value is -3.59. The number of sulfonamides is 1. The molecule has 2 N–H and O–H groups in total. The van der Waals surface area contributed by atoms with E-state index >= 15 is 0 Å². The van der Waals surface area contributed by atoms with Gasteiger partial charge in [0.1, 0.15) is 5.82 Å². The van der Waals surface area contributed by atoms with E-state index in [1.54, 1.807) is 48.5 Å². The molecule has 0 radical (unpaired) electrons. The topological polar surface area (TPSA) is 101 Å². The van der Waals surface area contributed by atoms with Crippen LogP contribution in [0.4, 0.5) is 5.69 Å². The number of benzene rings is 3. The highest BCUT2D eigenvalue weighted by molar-refractivity contribution is 7.92. The number of halogens is 2. The Labute approximate surface area is 237 Å². The summed E-state index contributed by atoms with van der Waals surface area (Å²) in [6.45, 7) is 2.40. The van der Waals surface area contributed by atoms with Crippen LogP contribution >= 0.6 is 23.2 Å². The van der Waals surface area contributed by atoms with E-state index in [-0.39, 0.29) is 11.3 Å². The Morgan fingerprint density at radius 3 is 2.38 bits per heavy atom. The first-order chi connectivity index (χ1) is 18.6. The van der Waals surface area contributed by atoms with Gasteiger partial charge in [-0.3, -0.25) is 4.72 Å². The minimum atomic E-state index is -3.37. The van der Waals surface area contributed by atoms with Crippen LogP contribution in [0.1, 0.15) is 47.1 Å². The molecular formula is C29H27Cl2N3O4S. The van der Waals surface area contributed by atoms with Crippen molar-refractivity contribution in [2.24, 2.45) is 0 Å². The van der Waals surface area contributed by atoms with E-state index < -0.39 is 16.0 Å². The second-order valence-corrected chi connectivity index (χ2v) is 11.7. The number of imidazole rings is 1. The number of hydrogen-bond acceptors (Lipinski definition) is 4. The molecule has 0 spiro atoms. The van der Waals surface area contributed by atoms with Crippen molar-refractivity contribution >= 4 is 57.0 Å². The quantitative estimate of drug-likeness (QED) is 0.192. The number of nitrogens with zero attached hydrogens (tertiary/aromatic N) is 2. The average Bonchev–Trinajstić information content (AvgIpc) is 3.29. The van der Waals surface area contributed by atoms with Crippen LogP contribution in [-0.2, 0) is 16.6 Å². The Balaban J connectivity index is 1.60. The lowest BCUT2D eigenvalue weighted by atomic mass is 10.1. The molecule has 3 aromatic carbocycles. The maximum atomic E-state index is 12.2. The zero-order valence-corrected chi connectivity index (χ0v) is 23.5. The van der Waals surface area contributed by atoms with Gasteiger partial charge in [0.2, 0.25) is 10.0 Å². The lowest BCUT2D eigenvalue weighted by molar-refractivity contribution is 0.0697. The lowest BCUT2D eigenvalue weighted by Gasteiger charge is -2.08. The normalized spacial score (nSPS) is 11.7. The Bertz CT molecular complexity index is 1600.